The van der Waals surface area contributed by atoms with Crippen LogP contribution in [-0.2, 0) is 20.0 Å². The van der Waals surface area contributed by atoms with Crippen molar-refractivity contribution in [3.63, 3.8) is 0 Å². The average Bonchev–Trinajstić information content (AvgIpc) is 3.93. The average molecular weight is 843 g/mol. The molecule has 0 N–H and O–H groups in total. The molecule has 4 aromatic carbocycles. The summed E-state index contributed by atoms with van der Waals surface area (Å²) in [5, 5.41) is 5.93. The van der Waals surface area contributed by atoms with Gasteiger partial charge in [-0.25, -0.2) is 26.8 Å². The molecule has 4 heterocycles. The fourth-order valence-corrected chi connectivity index (χ4v) is 11.3. The van der Waals surface area contributed by atoms with Crippen molar-refractivity contribution in [2.24, 2.45) is 0 Å². The van der Waals surface area contributed by atoms with Crippen LogP contribution in [0.25, 0.3) is 22.5 Å². The van der Waals surface area contributed by atoms with Gasteiger partial charge >= 0.3 is 0 Å². The second-order valence-corrected chi connectivity index (χ2v) is 19.6. The summed E-state index contributed by atoms with van der Waals surface area (Å²) >= 11 is 3.18. The van der Waals surface area contributed by atoms with Crippen molar-refractivity contribution < 1.29 is 21.6 Å². The summed E-state index contributed by atoms with van der Waals surface area (Å²) in [6.07, 6.45) is 0. The smallest absolute Gasteiger partial charge is 0.243 e. The zero-order valence-corrected chi connectivity index (χ0v) is 35.7. The highest BCUT2D eigenvalue weighted by Gasteiger charge is 2.31. The first kappa shape index (κ1) is 40.6. The number of anilines is 2. The Morgan fingerprint density at radius 2 is 1.02 bits per heavy atom. The Balaban J connectivity index is 0.000000174. The molecule has 0 aliphatic carbocycles. The summed E-state index contributed by atoms with van der Waals surface area (Å²) in [6.45, 7) is 10.3. The van der Waals surface area contributed by atoms with Crippen LogP contribution in [0.4, 0.5) is 10.3 Å². The Morgan fingerprint density at radius 3 is 1.51 bits per heavy atom. The number of thiazole rings is 2. The van der Waals surface area contributed by atoms with Gasteiger partial charge in [-0.1, -0.05) is 71.3 Å². The predicted molar refractivity (Wildman–Crippen MR) is 231 cm³/mol. The van der Waals surface area contributed by atoms with Crippen molar-refractivity contribution in [2.75, 3.05) is 69.3 Å². The van der Waals surface area contributed by atoms with Gasteiger partial charge in [-0.15, -0.1) is 22.7 Å². The van der Waals surface area contributed by atoms with E-state index in [9.17, 15) is 16.8 Å². The van der Waals surface area contributed by atoms with Crippen molar-refractivity contribution in [2.45, 2.75) is 30.6 Å². The lowest BCUT2D eigenvalue weighted by molar-refractivity contribution is 0.384. The second kappa shape index (κ2) is 17.5. The van der Waals surface area contributed by atoms with Gasteiger partial charge in [0.05, 0.1) is 28.3 Å². The molecular formula is C42H46N6O5S4. The Labute approximate surface area is 343 Å². The third-order valence-corrected chi connectivity index (χ3v) is 15.6. The van der Waals surface area contributed by atoms with Crippen LogP contribution >= 0.6 is 22.7 Å². The highest BCUT2D eigenvalue weighted by molar-refractivity contribution is 7.89. The second-order valence-electron chi connectivity index (χ2n) is 14.0. The van der Waals surface area contributed by atoms with Crippen molar-refractivity contribution in [1.29, 1.82) is 0 Å². The summed E-state index contributed by atoms with van der Waals surface area (Å²) < 4.78 is 60.0. The van der Waals surface area contributed by atoms with Gasteiger partial charge in [-0.2, -0.15) is 8.61 Å². The van der Waals surface area contributed by atoms with Gasteiger partial charge in [-0.05, 0) is 63.2 Å². The maximum atomic E-state index is 12.9. The summed E-state index contributed by atoms with van der Waals surface area (Å²) in [5.41, 5.74) is 7.22. The molecule has 298 valence electrons. The number of sulfonamides is 2. The monoisotopic (exact) mass is 842 g/mol. The molecule has 0 unspecified atom stereocenters. The van der Waals surface area contributed by atoms with Gasteiger partial charge in [0.2, 0.25) is 20.0 Å². The molecule has 2 saturated heterocycles. The number of aromatic nitrogens is 2. The molecule has 6 aromatic rings. The Bertz CT molecular complexity index is 2510. The molecule has 2 aliphatic heterocycles. The number of methoxy groups -OCH3 is 1. The lowest BCUT2D eigenvalue weighted by Crippen LogP contribution is -2.48. The molecule has 2 aliphatic rings. The molecule has 11 nitrogen and oxygen atoms in total. The lowest BCUT2D eigenvalue weighted by atomic mass is 10.1. The predicted octanol–water partition coefficient (Wildman–Crippen LogP) is 7.58. The molecule has 8 rings (SSSR count). The van der Waals surface area contributed by atoms with E-state index in [-0.39, 0.29) is 0 Å². The van der Waals surface area contributed by atoms with Crippen LogP contribution in [0.2, 0.25) is 0 Å². The molecule has 0 atom stereocenters. The van der Waals surface area contributed by atoms with Gasteiger partial charge in [0, 0.05) is 74.2 Å². The van der Waals surface area contributed by atoms with Gasteiger partial charge in [-0.3, -0.25) is 0 Å². The minimum atomic E-state index is -3.46. The maximum absolute atomic E-state index is 12.9. The number of ether oxygens (including phenoxy) is 1. The summed E-state index contributed by atoms with van der Waals surface area (Å²) in [7, 11) is -5.24. The van der Waals surface area contributed by atoms with E-state index in [2.05, 4.69) is 40.3 Å². The Kier molecular flexibility index (Phi) is 12.4. The van der Waals surface area contributed by atoms with Crippen LogP contribution in [-0.4, -0.2) is 94.9 Å². The quantitative estimate of drug-likeness (QED) is 0.145. The molecular weight excluding hydrogens is 797 g/mol. The highest BCUT2D eigenvalue weighted by Crippen LogP contribution is 2.34. The highest BCUT2D eigenvalue weighted by atomic mass is 32.2. The lowest BCUT2D eigenvalue weighted by Gasteiger charge is -2.33. The van der Waals surface area contributed by atoms with Crippen LogP contribution in [0.5, 0.6) is 5.75 Å². The van der Waals surface area contributed by atoms with Crippen molar-refractivity contribution >= 4 is 53.0 Å². The first-order valence-corrected chi connectivity index (χ1v) is 23.3. The van der Waals surface area contributed by atoms with Crippen LogP contribution in [0.15, 0.2) is 118 Å². The standard InChI is InChI=1S/C21H23N3O3S2.C21H23N3O2S2/c1-16-7-9-17(10-8-16)29(25,26)24-13-11-23(12-14-24)21-22-19(15-28-21)18-5-3-4-6-20(18)27-2;1-16-6-8-19(9-7-16)28(25,26)24-12-10-23(11-13-24)21-22-20(15-27-21)18-5-3-4-17(2)14-18/h3-10,15H,11-14H2,1-2H3;3-9,14-15H,10-13H2,1-2H3. The minimum Gasteiger partial charge on any atom is -0.496 e. The van der Waals surface area contributed by atoms with Gasteiger partial charge in [0.25, 0.3) is 0 Å². The Morgan fingerprint density at radius 1 is 0.544 bits per heavy atom. The number of benzene rings is 4. The fraction of sp³-hybridized carbons (Fsp3) is 0.286. The van der Waals surface area contributed by atoms with Crippen molar-refractivity contribution in [3.8, 4) is 28.3 Å². The number of hydrogen-bond acceptors (Lipinski definition) is 11. The van der Waals surface area contributed by atoms with Crippen molar-refractivity contribution in [1.82, 2.24) is 18.6 Å². The SMILES string of the molecule is COc1ccccc1-c1csc(N2CCN(S(=O)(=O)c3ccc(C)cc3)CC2)n1.Cc1ccc(S(=O)(=O)N2CCN(c3nc(-c4cccc(C)c4)cs3)CC2)cc1. The van der Waals surface area contributed by atoms with Gasteiger partial charge in [0.1, 0.15) is 5.75 Å². The first-order valence-electron chi connectivity index (χ1n) is 18.7. The number of rotatable bonds is 9. The summed E-state index contributed by atoms with van der Waals surface area (Å²) in [6, 6.07) is 30.2. The molecule has 0 radical (unpaired) electrons. The zero-order valence-electron chi connectivity index (χ0n) is 32.4. The van der Waals surface area contributed by atoms with E-state index in [1.165, 1.54) is 5.56 Å². The molecule has 0 amide bonds. The zero-order chi connectivity index (χ0) is 40.2. The fourth-order valence-electron chi connectivity index (χ4n) is 6.69. The molecule has 0 spiro atoms. The normalized spacial score (nSPS) is 15.6. The number of nitrogens with zero attached hydrogens (tertiary/aromatic N) is 6. The maximum Gasteiger partial charge on any atom is 0.243 e. The van der Waals surface area contributed by atoms with Crippen LogP contribution in [0.3, 0.4) is 0 Å². The van der Waals surface area contributed by atoms with E-state index in [1.54, 1.807) is 62.7 Å². The molecule has 2 fully saturated rings. The minimum absolute atomic E-state index is 0.351. The van der Waals surface area contributed by atoms with E-state index in [0.717, 1.165) is 49.7 Å². The van der Waals surface area contributed by atoms with Crippen molar-refractivity contribution in [3.05, 3.63) is 125 Å². The number of aryl methyl sites for hydroxylation is 3. The summed E-state index contributed by atoms with van der Waals surface area (Å²) in [5.74, 6) is 0.790. The summed E-state index contributed by atoms with van der Waals surface area (Å²) in [4.78, 5) is 14.6. The van der Waals surface area contributed by atoms with E-state index in [0.29, 0.717) is 62.1 Å². The van der Waals surface area contributed by atoms with E-state index < -0.39 is 20.0 Å². The van der Waals surface area contributed by atoms with Gasteiger partial charge in [0.15, 0.2) is 10.3 Å². The molecule has 57 heavy (non-hydrogen) atoms. The van der Waals surface area contributed by atoms with E-state index in [4.69, 9.17) is 14.7 Å². The first-order chi connectivity index (χ1) is 27.4. The third kappa shape index (κ3) is 9.24. The van der Waals surface area contributed by atoms with Crippen LogP contribution in [0.1, 0.15) is 16.7 Å². The number of hydrogen-bond donors (Lipinski definition) is 0. The van der Waals surface area contributed by atoms with E-state index in [1.807, 2.05) is 73.8 Å². The molecule has 0 bridgehead atoms. The largest absolute Gasteiger partial charge is 0.496 e. The topological polar surface area (TPSA) is 116 Å². The van der Waals surface area contributed by atoms with Crippen LogP contribution in [0, 0.1) is 20.8 Å². The molecule has 2 aromatic heterocycles. The number of piperazine rings is 2. The number of para-hydroxylation sites is 1. The van der Waals surface area contributed by atoms with E-state index >= 15 is 0 Å². The molecule has 15 heteroatoms. The van der Waals surface area contributed by atoms with Gasteiger partial charge < -0.3 is 14.5 Å². The molecule has 0 saturated carbocycles. The Hall–Kier alpha value is -4.64. The third-order valence-electron chi connectivity index (χ3n) is 10.0. The van der Waals surface area contributed by atoms with Crippen LogP contribution < -0.4 is 14.5 Å².